The number of carbonyl (C=O) groups is 3. The molecule has 1 atom stereocenters. The molecular weight excluding hydrogens is 562 g/mol. The molecule has 3 amide bonds. The first-order valence-corrected chi connectivity index (χ1v) is 14.9. The van der Waals surface area contributed by atoms with Crippen molar-refractivity contribution < 1.29 is 27.9 Å². The van der Waals surface area contributed by atoms with Gasteiger partial charge in [-0.05, 0) is 67.9 Å². The van der Waals surface area contributed by atoms with Crippen molar-refractivity contribution >= 4 is 52.0 Å². The number of anilines is 2. The molecule has 1 aromatic carbocycles. The van der Waals surface area contributed by atoms with Crippen LogP contribution in [0.15, 0.2) is 30.3 Å². The molecule has 2 saturated carbocycles. The minimum Gasteiger partial charge on any atom is -0.370 e. The third-order valence-electron chi connectivity index (χ3n) is 8.11. The number of carbonyl (C=O) groups excluding carboxylic acids is 3. The molecule has 0 unspecified atom stereocenters. The number of thiophene rings is 1. The van der Waals surface area contributed by atoms with E-state index >= 15 is 0 Å². The van der Waals surface area contributed by atoms with Crippen LogP contribution in [0, 0.1) is 11.8 Å². The van der Waals surface area contributed by atoms with Crippen LogP contribution in [0.3, 0.4) is 0 Å². The van der Waals surface area contributed by atoms with Crippen LogP contribution in [0.25, 0.3) is 0 Å². The molecule has 3 N–H and O–H groups in total. The Labute approximate surface area is 240 Å². The Morgan fingerprint density at radius 1 is 1.10 bits per heavy atom. The highest BCUT2D eigenvalue weighted by Gasteiger charge is 2.38. The van der Waals surface area contributed by atoms with Gasteiger partial charge in [-0.3, -0.25) is 14.4 Å². The molecule has 8 nitrogen and oxygen atoms in total. The van der Waals surface area contributed by atoms with Gasteiger partial charge in [0, 0.05) is 36.1 Å². The van der Waals surface area contributed by atoms with Crippen molar-refractivity contribution in [1.29, 1.82) is 0 Å². The van der Waals surface area contributed by atoms with Gasteiger partial charge in [-0.2, -0.15) is 0 Å². The zero-order valence-electron chi connectivity index (χ0n) is 22.0. The zero-order valence-corrected chi connectivity index (χ0v) is 23.5. The van der Waals surface area contributed by atoms with Crippen molar-refractivity contribution in [3.05, 3.63) is 45.1 Å². The third-order valence-corrected chi connectivity index (χ3v) is 9.34. The number of ether oxygens (including phenoxy) is 1. The van der Waals surface area contributed by atoms with E-state index in [1.807, 2.05) is 0 Å². The molecule has 40 heavy (non-hydrogen) atoms. The lowest BCUT2D eigenvalue weighted by molar-refractivity contribution is -0.125. The van der Waals surface area contributed by atoms with Crippen molar-refractivity contribution in [2.45, 2.75) is 57.0 Å². The Hall–Kier alpha value is -2.60. The summed E-state index contributed by atoms with van der Waals surface area (Å²) in [5.41, 5.74) is -0.0830. The second-order valence-electron chi connectivity index (χ2n) is 10.6. The Kier molecular flexibility index (Phi) is 9.34. The smallest absolute Gasteiger partial charge is 0.265 e. The van der Waals surface area contributed by atoms with E-state index in [4.69, 9.17) is 16.3 Å². The summed E-state index contributed by atoms with van der Waals surface area (Å²) in [7, 11) is 0. The number of morpholine rings is 1. The summed E-state index contributed by atoms with van der Waals surface area (Å²) in [4.78, 5) is 40.4. The molecule has 0 spiro atoms. The lowest BCUT2D eigenvalue weighted by atomic mass is 9.68. The third kappa shape index (κ3) is 6.64. The maximum absolute atomic E-state index is 14.1. The Bertz CT molecular complexity index is 1220. The second-order valence-corrected chi connectivity index (χ2v) is 12.3. The largest absolute Gasteiger partial charge is 0.370 e. The normalized spacial score (nSPS) is 18.9. The van der Waals surface area contributed by atoms with E-state index in [0.29, 0.717) is 33.3 Å². The van der Waals surface area contributed by atoms with Crippen molar-refractivity contribution in [3.8, 4) is 0 Å². The topological polar surface area (TPSA) is 99.8 Å². The Balaban J connectivity index is 1.34. The van der Waals surface area contributed by atoms with Crippen LogP contribution in [0.1, 0.15) is 60.2 Å². The van der Waals surface area contributed by atoms with Crippen molar-refractivity contribution in [1.82, 2.24) is 10.6 Å². The number of halogens is 3. The fourth-order valence-electron chi connectivity index (χ4n) is 5.46. The van der Waals surface area contributed by atoms with Gasteiger partial charge in [0.05, 0.1) is 15.8 Å². The lowest BCUT2D eigenvalue weighted by Gasteiger charge is -2.44. The number of amides is 3. The van der Waals surface area contributed by atoms with Crippen LogP contribution in [-0.2, 0) is 14.3 Å². The summed E-state index contributed by atoms with van der Waals surface area (Å²) in [6.07, 6.45) is 3.76. The summed E-state index contributed by atoms with van der Waals surface area (Å²) in [5, 5.41) is 8.99. The number of rotatable bonds is 11. The van der Waals surface area contributed by atoms with Crippen LogP contribution >= 0.6 is 22.9 Å². The highest BCUT2D eigenvalue weighted by atomic mass is 35.5. The van der Waals surface area contributed by atoms with Gasteiger partial charge in [-0.1, -0.05) is 24.4 Å². The molecule has 3 fully saturated rings. The number of alkyl halides is 2. The summed E-state index contributed by atoms with van der Waals surface area (Å²) < 4.78 is 33.9. The van der Waals surface area contributed by atoms with Gasteiger partial charge < -0.3 is 25.6 Å². The average molecular weight is 595 g/mol. The van der Waals surface area contributed by atoms with Gasteiger partial charge in [-0.15, -0.1) is 11.3 Å². The summed E-state index contributed by atoms with van der Waals surface area (Å²) in [6.45, 7) is 0.453. The molecule has 12 heteroatoms. The van der Waals surface area contributed by atoms with Crippen molar-refractivity contribution in [2.24, 2.45) is 11.8 Å². The SMILES string of the molecule is O=C(NC[C@@H](NC(C1CCC1)C1CCC1)C(=O)Nc1ccc(N2CCOCC2=O)cc1C(F)F)c1ccc(Cl)s1. The molecule has 0 radical (unpaired) electrons. The minimum absolute atomic E-state index is 0.0134. The number of nitrogens with one attached hydrogen (secondary N) is 3. The molecule has 1 aliphatic heterocycles. The van der Waals surface area contributed by atoms with E-state index in [-0.39, 0.29) is 48.8 Å². The molecule has 2 aliphatic carbocycles. The summed E-state index contributed by atoms with van der Waals surface area (Å²) in [5.74, 6) is -0.268. The maximum Gasteiger partial charge on any atom is 0.265 e. The Morgan fingerprint density at radius 2 is 1.82 bits per heavy atom. The molecule has 216 valence electrons. The predicted octanol–water partition coefficient (Wildman–Crippen LogP) is 5.00. The molecule has 2 aromatic rings. The van der Waals surface area contributed by atoms with Crippen LogP contribution in [0.5, 0.6) is 0 Å². The highest BCUT2D eigenvalue weighted by molar-refractivity contribution is 7.18. The maximum atomic E-state index is 14.1. The summed E-state index contributed by atoms with van der Waals surface area (Å²) in [6, 6.07) is 6.71. The van der Waals surface area contributed by atoms with Crippen LogP contribution in [0.4, 0.5) is 20.2 Å². The van der Waals surface area contributed by atoms with Gasteiger partial charge in [0.15, 0.2) is 0 Å². The van der Waals surface area contributed by atoms with Crippen LogP contribution in [0.2, 0.25) is 4.34 Å². The predicted molar refractivity (Wildman–Crippen MR) is 150 cm³/mol. The number of hydrogen-bond acceptors (Lipinski definition) is 6. The van der Waals surface area contributed by atoms with Gasteiger partial charge in [0.25, 0.3) is 18.2 Å². The first kappa shape index (κ1) is 28.9. The molecule has 3 aliphatic rings. The average Bonchev–Trinajstić information content (AvgIpc) is 3.31. The number of benzene rings is 1. The van der Waals surface area contributed by atoms with Crippen LogP contribution < -0.4 is 20.9 Å². The minimum atomic E-state index is -2.88. The van der Waals surface area contributed by atoms with E-state index < -0.39 is 18.4 Å². The van der Waals surface area contributed by atoms with Gasteiger partial charge in [-0.25, -0.2) is 8.78 Å². The number of nitrogens with zero attached hydrogens (tertiary/aromatic N) is 1. The monoisotopic (exact) mass is 594 g/mol. The second kappa shape index (κ2) is 12.9. The standard InChI is InChI=1S/C28H33ClF2N4O4S/c29-23-10-9-22(40-23)28(38)32-14-21(33-25(16-3-1-4-16)17-5-2-6-17)27(37)34-20-8-7-18(13-19(20)26(30)31)35-11-12-39-15-24(35)36/h7-10,13,16-17,21,25-26,33H,1-6,11-12,14-15H2,(H,32,38)(H,34,37)/t21-/m1/s1. The Morgan fingerprint density at radius 3 is 2.40 bits per heavy atom. The van der Waals surface area contributed by atoms with E-state index in [9.17, 15) is 23.2 Å². The zero-order chi connectivity index (χ0) is 28.2. The molecular formula is C28H33ClF2N4O4S. The molecule has 1 aromatic heterocycles. The van der Waals surface area contributed by atoms with Gasteiger partial charge >= 0.3 is 0 Å². The van der Waals surface area contributed by atoms with E-state index in [0.717, 1.165) is 49.9 Å². The first-order chi connectivity index (χ1) is 19.3. The van der Waals surface area contributed by atoms with Crippen LogP contribution in [-0.4, -0.2) is 56.1 Å². The lowest BCUT2D eigenvalue weighted by Crippen LogP contribution is -2.57. The van der Waals surface area contributed by atoms with E-state index in [1.165, 1.54) is 17.0 Å². The summed E-state index contributed by atoms with van der Waals surface area (Å²) >= 11 is 7.11. The molecule has 5 rings (SSSR count). The molecule has 0 bridgehead atoms. The van der Waals surface area contributed by atoms with E-state index in [1.54, 1.807) is 18.2 Å². The quantitative estimate of drug-likeness (QED) is 0.340. The fraction of sp³-hybridized carbons (Fsp3) is 0.536. The fourth-order valence-corrected chi connectivity index (χ4v) is 6.42. The molecule has 2 heterocycles. The first-order valence-electron chi connectivity index (χ1n) is 13.7. The van der Waals surface area contributed by atoms with Crippen molar-refractivity contribution in [2.75, 3.05) is 36.5 Å². The molecule has 1 saturated heterocycles. The van der Waals surface area contributed by atoms with E-state index in [2.05, 4.69) is 16.0 Å². The van der Waals surface area contributed by atoms with Gasteiger partial charge in [0.1, 0.15) is 12.6 Å². The number of hydrogen-bond donors (Lipinski definition) is 3. The van der Waals surface area contributed by atoms with Crippen molar-refractivity contribution in [3.63, 3.8) is 0 Å². The highest BCUT2D eigenvalue weighted by Crippen LogP contribution is 2.40. The van der Waals surface area contributed by atoms with Gasteiger partial charge in [0.2, 0.25) is 5.91 Å².